The first kappa shape index (κ1) is 17.3. The second kappa shape index (κ2) is 9.18. The van der Waals surface area contributed by atoms with E-state index in [2.05, 4.69) is 4.90 Å². The van der Waals surface area contributed by atoms with Crippen LogP contribution in [-0.4, -0.2) is 49.6 Å². The molecule has 122 valence electrons. The van der Waals surface area contributed by atoms with Crippen molar-refractivity contribution in [2.45, 2.75) is 18.8 Å². The molecule has 4 nitrogen and oxygen atoms in total. The van der Waals surface area contributed by atoms with Crippen LogP contribution in [-0.2, 0) is 14.6 Å². The predicted molar refractivity (Wildman–Crippen MR) is 89.8 cm³/mol. The molecule has 1 aromatic rings. The van der Waals surface area contributed by atoms with E-state index < -0.39 is 0 Å². The molecule has 0 saturated carbocycles. The summed E-state index contributed by atoms with van der Waals surface area (Å²) < 4.78 is 0. The monoisotopic (exact) mass is 323 g/mol. The van der Waals surface area contributed by atoms with Gasteiger partial charge in [0.25, 0.3) is 0 Å². The van der Waals surface area contributed by atoms with Gasteiger partial charge in [0.2, 0.25) is 0 Å². The highest BCUT2D eigenvalue weighted by Crippen LogP contribution is 2.36. The van der Waals surface area contributed by atoms with E-state index in [-0.39, 0.29) is 11.9 Å². The van der Waals surface area contributed by atoms with Crippen molar-refractivity contribution < 1.29 is 14.6 Å². The van der Waals surface area contributed by atoms with Crippen molar-refractivity contribution in [1.29, 1.82) is 0 Å². The van der Waals surface area contributed by atoms with E-state index >= 15 is 0 Å². The smallest absolute Gasteiger partial charge is 0.309 e. The zero-order valence-corrected chi connectivity index (χ0v) is 14.2. The van der Waals surface area contributed by atoms with Gasteiger partial charge in [-0.1, -0.05) is 30.3 Å². The van der Waals surface area contributed by atoms with Crippen LogP contribution in [0.5, 0.6) is 0 Å². The Kier molecular flexibility index (Phi) is 7.22. The molecule has 0 spiro atoms. The highest BCUT2D eigenvalue weighted by Gasteiger charge is 2.34. The predicted octanol–water partition coefficient (Wildman–Crippen LogP) is 2.95. The van der Waals surface area contributed by atoms with Gasteiger partial charge in [0.1, 0.15) is 0 Å². The average Bonchev–Trinajstić information content (AvgIpc) is 3.02. The highest BCUT2D eigenvalue weighted by molar-refractivity contribution is 7.99. The summed E-state index contributed by atoms with van der Waals surface area (Å²) in [5.74, 6) is 1.99. The van der Waals surface area contributed by atoms with Gasteiger partial charge in [0.05, 0.1) is 12.5 Å². The van der Waals surface area contributed by atoms with Gasteiger partial charge in [-0.05, 0) is 56.5 Å². The third kappa shape index (κ3) is 5.30. The van der Waals surface area contributed by atoms with E-state index in [0.29, 0.717) is 12.5 Å². The fourth-order valence-corrected chi connectivity index (χ4v) is 3.97. The number of carbonyl (C=O) groups excluding carboxylic acids is 1. The highest BCUT2D eigenvalue weighted by atomic mass is 32.2. The first-order chi connectivity index (χ1) is 10.7. The van der Waals surface area contributed by atoms with Crippen molar-refractivity contribution in [3.05, 3.63) is 35.9 Å². The van der Waals surface area contributed by atoms with Gasteiger partial charge < -0.3 is 4.90 Å². The molecule has 1 saturated heterocycles. The second-order valence-electron chi connectivity index (χ2n) is 5.89. The van der Waals surface area contributed by atoms with Crippen LogP contribution in [0, 0.1) is 5.92 Å². The molecule has 0 aliphatic carbocycles. The number of hydrogen-bond acceptors (Lipinski definition) is 5. The zero-order chi connectivity index (χ0) is 15.8. The van der Waals surface area contributed by atoms with Crippen LogP contribution in [0.2, 0.25) is 0 Å². The number of rotatable bonds is 8. The minimum absolute atomic E-state index is 0.218. The summed E-state index contributed by atoms with van der Waals surface area (Å²) in [7, 11) is 4.02. The van der Waals surface area contributed by atoms with Crippen LogP contribution < -0.4 is 0 Å². The first-order valence-electron chi connectivity index (χ1n) is 7.79. The van der Waals surface area contributed by atoms with Crippen LogP contribution >= 0.6 is 11.8 Å². The summed E-state index contributed by atoms with van der Waals surface area (Å²) in [6.07, 6.45) is 1.90. The van der Waals surface area contributed by atoms with Gasteiger partial charge in [-0.15, -0.1) is 0 Å². The van der Waals surface area contributed by atoms with Crippen molar-refractivity contribution in [3.8, 4) is 0 Å². The Labute approximate surface area is 137 Å². The molecule has 2 rings (SSSR count). The fourth-order valence-electron chi connectivity index (χ4n) is 2.67. The van der Waals surface area contributed by atoms with Gasteiger partial charge in [0, 0.05) is 0 Å². The maximum Gasteiger partial charge on any atom is 0.350 e. The molecule has 1 aliphatic heterocycles. The molecule has 1 heterocycles. The standard InChI is InChI=1S/C17H25NO3S/c1-18(2)10-6-11-20-21-17(19)16(15-9-12-22-13-15)14-7-4-3-5-8-14/h3-5,7-8,15-16H,6,9-13H2,1-2H3. The number of carbonyl (C=O) groups is 1. The van der Waals surface area contributed by atoms with Crippen LogP contribution in [0.15, 0.2) is 30.3 Å². The van der Waals surface area contributed by atoms with Gasteiger partial charge >= 0.3 is 5.97 Å². The first-order valence-corrected chi connectivity index (χ1v) is 8.94. The van der Waals surface area contributed by atoms with Crippen molar-refractivity contribution in [1.82, 2.24) is 4.90 Å². The van der Waals surface area contributed by atoms with Gasteiger partial charge in [-0.25, -0.2) is 4.79 Å². The SMILES string of the molecule is CN(C)CCCOOC(=O)C(c1ccccc1)C1CCSC1. The maximum atomic E-state index is 12.5. The van der Waals surface area contributed by atoms with Crippen LogP contribution in [0.25, 0.3) is 0 Å². The van der Waals surface area contributed by atoms with E-state index in [0.717, 1.165) is 36.5 Å². The number of hydrogen-bond donors (Lipinski definition) is 0. The molecular formula is C17H25NO3S. The molecule has 2 unspecified atom stereocenters. The normalized spacial score (nSPS) is 19.3. The Morgan fingerprint density at radius 3 is 2.77 bits per heavy atom. The fraction of sp³-hybridized carbons (Fsp3) is 0.588. The summed E-state index contributed by atoms with van der Waals surface area (Å²) >= 11 is 1.90. The number of nitrogens with zero attached hydrogens (tertiary/aromatic N) is 1. The molecule has 1 aliphatic rings. The minimum atomic E-state index is -0.261. The molecule has 0 N–H and O–H groups in total. The van der Waals surface area contributed by atoms with Gasteiger partial charge in [-0.3, -0.25) is 4.89 Å². The average molecular weight is 323 g/mol. The van der Waals surface area contributed by atoms with Crippen LogP contribution in [0.3, 0.4) is 0 Å². The summed E-state index contributed by atoms with van der Waals surface area (Å²) in [5, 5.41) is 0. The summed E-state index contributed by atoms with van der Waals surface area (Å²) in [6.45, 7) is 1.35. The van der Waals surface area contributed by atoms with Crippen molar-refractivity contribution >= 4 is 17.7 Å². The van der Waals surface area contributed by atoms with Crippen molar-refractivity contribution in [2.75, 3.05) is 38.8 Å². The lowest BCUT2D eigenvalue weighted by atomic mass is 9.86. The van der Waals surface area contributed by atoms with E-state index in [4.69, 9.17) is 9.78 Å². The minimum Gasteiger partial charge on any atom is -0.309 e. The topological polar surface area (TPSA) is 38.8 Å². The van der Waals surface area contributed by atoms with E-state index in [1.165, 1.54) is 0 Å². The Morgan fingerprint density at radius 2 is 2.14 bits per heavy atom. The zero-order valence-electron chi connectivity index (χ0n) is 13.4. The molecule has 0 radical (unpaired) electrons. The summed E-state index contributed by atoms with van der Waals surface area (Å²) in [4.78, 5) is 24.7. The largest absolute Gasteiger partial charge is 0.350 e. The second-order valence-corrected chi connectivity index (χ2v) is 7.04. The summed E-state index contributed by atoms with van der Waals surface area (Å²) in [5.41, 5.74) is 1.02. The molecule has 1 fully saturated rings. The lowest BCUT2D eigenvalue weighted by molar-refractivity contribution is -0.275. The van der Waals surface area contributed by atoms with Crippen molar-refractivity contribution in [2.24, 2.45) is 5.92 Å². The van der Waals surface area contributed by atoms with E-state index in [1.807, 2.05) is 56.2 Å². The molecule has 22 heavy (non-hydrogen) atoms. The molecule has 0 bridgehead atoms. The van der Waals surface area contributed by atoms with Gasteiger partial charge in [0.15, 0.2) is 0 Å². The number of benzene rings is 1. The molecular weight excluding hydrogens is 298 g/mol. The Morgan fingerprint density at radius 1 is 1.36 bits per heavy atom. The van der Waals surface area contributed by atoms with Crippen LogP contribution in [0.4, 0.5) is 0 Å². The quantitative estimate of drug-likeness (QED) is 0.418. The molecule has 0 amide bonds. The molecule has 1 aromatic carbocycles. The molecule has 2 atom stereocenters. The molecule has 5 heteroatoms. The van der Waals surface area contributed by atoms with E-state index in [1.54, 1.807) is 0 Å². The maximum absolute atomic E-state index is 12.5. The third-order valence-corrected chi connectivity index (χ3v) is 5.01. The Balaban J connectivity index is 1.89. The van der Waals surface area contributed by atoms with Gasteiger partial charge in [-0.2, -0.15) is 16.6 Å². The Hall–Kier alpha value is -1.04. The summed E-state index contributed by atoms with van der Waals surface area (Å²) in [6, 6.07) is 9.90. The lowest BCUT2D eigenvalue weighted by Gasteiger charge is -2.21. The third-order valence-electron chi connectivity index (χ3n) is 3.82. The Bertz CT molecular complexity index is 446. The van der Waals surface area contributed by atoms with Crippen LogP contribution in [0.1, 0.15) is 24.3 Å². The number of thioether (sulfide) groups is 1. The van der Waals surface area contributed by atoms with E-state index in [9.17, 15) is 4.79 Å². The lowest BCUT2D eigenvalue weighted by Crippen LogP contribution is -2.24. The van der Waals surface area contributed by atoms with Crippen molar-refractivity contribution in [3.63, 3.8) is 0 Å². The molecule has 0 aromatic heterocycles.